The van der Waals surface area contributed by atoms with Crippen molar-refractivity contribution in [3.63, 3.8) is 0 Å². The number of rotatable bonds is 4. The van der Waals surface area contributed by atoms with Gasteiger partial charge in [-0.15, -0.1) is 10.2 Å². The lowest BCUT2D eigenvalue weighted by Gasteiger charge is -2.11. The van der Waals surface area contributed by atoms with Gasteiger partial charge < -0.3 is 14.9 Å². The maximum atomic E-state index is 5.76. The minimum absolute atomic E-state index is 0.254. The molecule has 1 unspecified atom stereocenters. The van der Waals surface area contributed by atoms with Crippen molar-refractivity contribution in [2.75, 3.05) is 0 Å². The molecule has 5 nitrogen and oxygen atoms in total. The third kappa shape index (κ3) is 3.12. The summed E-state index contributed by atoms with van der Waals surface area (Å²) < 4.78 is 11.2. The van der Waals surface area contributed by atoms with Gasteiger partial charge in [-0.25, -0.2) is 0 Å². The lowest BCUT2D eigenvalue weighted by atomic mass is 10.1. The SMILES string of the molecule is Cc1cc(C)c(OCc2nnc(C(C)N)o2)c(C)c1. The molecule has 5 heteroatoms. The molecule has 19 heavy (non-hydrogen) atoms. The third-order valence-electron chi connectivity index (χ3n) is 2.82. The maximum absolute atomic E-state index is 5.76. The summed E-state index contributed by atoms with van der Waals surface area (Å²) in [6, 6.07) is 3.91. The van der Waals surface area contributed by atoms with Crippen molar-refractivity contribution in [3.8, 4) is 5.75 Å². The topological polar surface area (TPSA) is 74.2 Å². The van der Waals surface area contributed by atoms with Crippen molar-refractivity contribution in [3.05, 3.63) is 40.6 Å². The first-order valence-electron chi connectivity index (χ1n) is 6.26. The van der Waals surface area contributed by atoms with Crippen molar-refractivity contribution in [2.45, 2.75) is 40.3 Å². The normalized spacial score (nSPS) is 12.5. The number of nitrogens with two attached hydrogens (primary N) is 1. The minimum Gasteiger partial charge on any atom is -0.483 e. The highest BCUT2D eigenvalue weighted by molar-refractivity contribution is 5.42. The van der Waals surface area contributed by atoms with Gasteiger partial charge in [-0.2, -0.15) is 0 Å². The molecule has 1 aromatic heterocycles. The van der Waals surface area contributed by atoms with Crippen LogP contribution in [0.1, 0.15) is 41.4 Å². The molecule has 0 fully saturated rings. The molecule has 2 rings (SSSR count). The van der Waals surface area contributed by atoms with Gasteiger partial charge in [0.15, 0.2) is 6.61 Å². The van der Waals surface area contributed by atoms with Crippen LogP contribution in [0.15, 0.2) is 16.5 Å². The van der Waals surface area contributed by atoms with E-state index in [2.05, 4.69) is 29.3 Å². The Morgan fingerprint density at radius 3 is 2.37 bits per heavy atom. The zero-order valence-electron chi connectivity index (χ0n) is 11.7. The van der Waals surface area contributed by atoms with E-state index in [-0.39, 0.29) is 12.6 Å². The number of ether oxygens (including phenoxy) is 1. The van der Waals surface area contributed by atoms with E-state index in [1.165, 1.54) is 5.56 Å². The summed E-state index contributed by atoms with van der Waals surface area (Å²) in [6.07, 6.45) is 0. The molecule has 0 spiro atoms. The summed E-state index contributed by atoms with van der Waals surface area (Å²) >= 11 is 0. The molecule has 0 amide bonds. The fourth-order valence-electron chi connectivity index (χ4n) is 2.04. The summed E-state index contributed by atoms with van der Waals surface area (Å²) in [5.74, 6) is 1.73. The van der Waals surface area contributed by atoms with Crippen LogP contribution in [0.4, 0.5) is 0 Å². The van der Waals surface area contributed by atoms with E-state index < -0.39 is 0 Å². The molecule has 0 saturated carbocycles. The van der Waals surface area contributed by atoms with Crippen molar-refractivity contribution in [2.24, 2.45) is 5.73 Å². The number of nitrogens with zero attached hydrogens (tertiary/aromatic N) is 2. The monoisotopic (exact) mass is 261 g/mol. The number of benzene rings is 1. The predicted molar refractivity (Wildman–Crippen MR) is 71.9 cm³/mol. The van der Waals surface area contributed by atoms with Crippen molar-refractivity contribution < 1.29 is 9.15 Å². The standard InChI is InChI=1S/C14H19N3O2/c1-8-5-9(2)13(10(3)6-8)18-7-12-16-17-14(19-12)11(4)15/h5-6,11H,7,15H2,1-4H3. The van der Waals surface area contributed by atoms with Gasteiger partial charge in [-0.05, 0) is 38.8 Å². The van der Waals surface area contributed by atoms with Crippen LogP contribution in [-0.2, 0) is 6.61 Å². The molecule has 0 saturated heterocycles. The average molecular weight is 261 g/mol. The van der Waals surface area contributed by atoms with E-state index in [9.17, 15) is 0 Å². The average Bonchev–Trinajstić information content (AvgIpc) is 2.76. The van der Waals surface area contributed by atoms with Crippen molar-refractivity contribution in [1.82, 2.24) is 10.2 Å². The number of aromatic nitrogens is 2. The Morgan fingerprint density at radius 1 is 1.21 bits per heavy atom. The van der Waals surface area contributed by atoms with Gasteiger partial charge in [-0.3, -0.25) is 0 Å². The second-order valence-electron chi connectivity index (χ2n) is 4.84. The lowest BCUT2D eigenvalue weighted by Crippen LogP contribution is -2.04. The van der Waals surface area contributed by atoms with Crippen molar-refractivity contribution >= 4 is 0 Å². The molecule has 0 radical (unpaired) electrons. The van der Waals surface area contributed by atoms with Gasteiger partial charge >= 0.3 is 0 Å². The Kier molecular flexibility index (Phi) is 3.85. The number of aryl methyl sites for hydroxylation is 3. The Labute approximate surface area is 112 Å². The van der Waals surface area contributed by atoms with Gasteiger partial charge in [0, 0.05) is 0 Å². The molecule has 0 aliphatic rings. The van der Waals surface area contributed by atoms with Crippen LogP contribution < -0.4 is 10.5 Å². The first-order chi connectivity index (χ1) is 8.97. The van der Waals surface area contributed by atoms with Crippen LogP contribution in [0.2, 0.25) is 0 Å². The van der Waals surface area contributed by atoms with Gasteiger partial charge in [-0.1, -0.05) is 17.7 Å². The largest absolute Gasteiger partial charge is 0.483 e. The fraction of sp³-hybridized carbons (Fsp3) is 0.429. The molecular formula is C14H19N3O2. The highest BCUT2D eigenvalue weighted by atomic mass is 16.5. The third-order valence-corrected chi connectivity index (χ3v) is 2.82. The van der Waals surface area contributed by atoms with Crippen LogP contribution in [0, 0.1) is 20.8 Å². The van der Waals surface area contributed by atoms with E-state index in [1.54, 1.807) is 6.92 Å². The van der Waals surface area contributed by atoms with Crippen molar-refractivity contribution in [1.29, 1.82) is 0 Å². The smallest absolute Gasteiger partial charge is 0.253 e. The molecule has 2 aromatic rings. The van der Waals surface area contributed by atoms with Crippen LogP contribution in [0.25, 0.3) is 0 Å². The molecule has 2 N–H and O–H groups in total. The van der Waals surface area contributed by atoms with Gasteiger partial charge in [0.05, 0.1) is 6.04 Å². The zero-order chi connectivity index (χ0) is 14.0. The van der Waals surface area contributed by atoms with E-state index in [0.717, 1.165) is 16.9 Å². The second-order valence-corrected chi connectivity index (χ2v) is 4.84. The van der Waals surface area contributed by atoms with Gasteiger partial charge in [0.1, 0.15) is 5.75 Å². The first-order valence-corrected chi connectivity index (χ1v) is 6.26. The molecule has 1 aromatic carbocycles. The summed E-state index contributed by atoms with van der Waals surface area (Å²) in [6.45, 7) is 8.17. The van der Waals surface area contributed by atoms with Crippen LogP contribution in [0.5, 0.6) is 5.75 Å². The summed E-state index contributed by atoms with van der Waals surface area (Å²) in [5.41, 5.74) is 9.09. The molecule has 1 heterocycles. The molecule has 102 valence electrons. The molecule has 1 atom stereocenters. The molecule has 0 aliphatic heterocycles. The lowest BCUT2D eigenvalue weighted by molar-refractivity contribution is 0.254. The van der Waals surface area contributed by atoms with Gasteiger partial charge in [0.25, 0.3) is 5.89 Å². The van der Waals surface area contributed by atoms with E-state index in [0.29, 0.717) is 11.8 Å². The Balaban J connectivity index is 2.10. The summed E-state index contributed by atoms with van der Waals surface area (Å²) in [5, 5.41) is 7.77. The highest BCUT2D eigenvalue weighted by Gasteiger charge is 2.11. The second kappa shape index (κ2) is 5.40. The Hall–Kier alpha value is -1.88. The van der Waals surface area contributed by atoms with Crippen LogP contribution >= 0.6 is 0 Å². The highest BCUT2D eigenvalue weighted by Crippen LogP contribution is 2.25. The predicted octanol–water partition coefficient (Wildman–Crippen LogP) is 2.59. The quantitative estimate of drug-likeness (QED) is 0.915. The molecule has 0 aliphatic carbocycles. The Bertz CT molecular complexity index is 553. The van der Waals surface area contributed by atoms with E-state index in [1.807, 2.05) is 13.8 Å². The number of hydrogen-bond donors (Lipinski definition) is 1. The first kappa shape index (κ1) is 13.5. The van der Waals surface area contributed by atoms with Crippen LogP contribution in [-0.4, -0.2) is 10.2 Å². The maximum Gasteiger partial charge on any atom is 0.253 e. The summed E-state index contributed by atoms with van der Waals surface area (Å²) in [7, 11) is 0. The Morgan fingerprint density at radius 2 is 1.84 bits per heavy atom. The fourth-order valence-corrected chi connectivity index (χ4v) is 2.04. The molecular weight excluding hydrogens is 242 g/mol. The van der Waals surface area contributed by atoms with E-state index in [4.69, 9.17) is 14.9 Å². The molecule has 0 bridgehead atoms. The van der Waals surface area contributed by atoms with Gasteiger partial charge in [0.2, 0.25) is 5.89 Å². The van der Waals surface area contributed by atoms with Crippen LogP contribution in [0.3, 0.4) is 0 Å². The summed E-state index contributed by atoms with van der Waals surface area (Å²) in [4.78, 5) is 0. The zero-order valence-corrected chi connectivity index (χ0v) is 11.7. The minimum atomic E-state index is -0.260. The van der Waals surface area contributed by atoms with E-state index >= 15 is 0 Å². The number of hydrogen-bond acceptors (Lipinski definition) is 5.